The van der Waals surface area contributed by atoms with Crippen LogP contribution in [0.2, 0.25) is 0 Å². The second-order valence-corrected chi connectivity index (χ2v) is 9.22. The molecule has 0 bridgehead atoms. The first-order chi connectivity index (χ1) is 17.3. The molecular weight excluding hydrogens is 460 g/mol. The van der Waals surface area contributed by atoms with Gasteiger partial charge in [0, 0.05) is 18.3 Å². The Kier molecular flexibility index (Phi) is 7.43. The molecule has 0 saturated carbocycles. The van der Waals surface area contributed by atoms with Crippen LogP contribution in [0.1, 0.15) is 47.6 Å². The average molecular weight is 492 g/mol. The van der Waals surface area contributed by atoms with Gasteiger partial charge in [-0.05, 0) is 70.5 Å². The Morgan fingerprint density at radius 2 is 1.69 bits per heavy atom. The van der Waals surface area contributed by atoms with Crippen molar-refractivity contribution in [1.29, 1.82) is 0 Å². The van der Waals surface area contributed by atoms with Crippen LogP contribution in [0, 0.1) is 0 Å². The van der Waals surface area contributed by atoms with E-state index in [1.54, 1.807) is 49.6 Å². The summed E-state index contributed by atoms with van der Waals surface area (Å²) in [5, 5.41) is 0. The lowest BCUT2D eigenvalue weighted by Gasteiger charge is -2.49. The summed E-state index contributed by atoms with van der Waals surface area (Å²) in [4.78, 5) is 13.3. The summed E-state index contributed by atoms with van der Waals surface area (Å²) in [6, 6.07) is 20.2. The SMILES string of the molecule is COC(=O)C=Cc1ccc(C2(C(F)F)c3ccc(OC)cc3CCN2c2ccc(C(C)C)cc2)cc1. The molecule has 1 atom stereocenters. The van der Waals surface area contributed by atoms with Crippen molar-refractivity contribution in [2.24, 2.45) is 0 Å². The van der Waals surface area contributed by atoms with E-state index in [1.807, 2.05) is 35.2 Å². The number of benzene rings is 3. The number of anilines is 1. The fraction of sp³-hybridized carbons (Fsp3) is 0.300. The predicted molar refractivity (Wildman–Crippen MR) is 139 cm³/mol. The van der Waals surface area contributed by atoms with Crippen LogP contribution < -0.4 is 9.64 Å². The van der Waals surface area contributed by atoms with Gasteiger partial charge in [0.05, 0.1) is 14.2 Å². The van der Waals surface area contributed by atoms with Gasteiger partial charge in [-0.25, -0.2) is 13.6 Å². The second kappa shape index (κ2) is 10.5. The maximum absolute atomic E-state index is 15.5. The van der Waals surface area contributed by atoms with Gasteiger partial charge < -0.3 is 14.4 Å². The number of hydrogen-bond acceptors (Lipinski definition) is 4. The van der Waals surface area contributed by atoms with E-state index >= 15 is 8.78 Å². The molecule has 3 aromatic carbocycles. The van der Waals surface area contributed by atoms with Gasteiger partial charge in [0.25, 0.3) is 6.43 Å². The van der Waals surface area contributed by atoms with Crippen LogP contribution in [0.4, 0.5) is 14.5 Å². The van der Waals surface area contributed by atoms with E-state index in [2.05, 4.69) is 18.6 Å². The number of carbonyl (C=O) groups is 1. The standard InChI is InChI=1S/C30H31F2NO3/c1-20(2)22-8-12-25(13-9-22)33-18-17-23-19-26(35-3)14-15-27(23)30(33,29(31)32)24-10-5-21(6-11-24)7-16-28(34)36-4/h5-16,19-20,29H,17-18H2,1-4H3. The number of esters is 1. The quantitative estimate of drug-likeness (QED) is 0.277. The molecule has 1 unspecified atom stereocenters. The number of fused-ring (bicyclic) bond motifs is 1. The lowest BCUT2D eigenvalue weighted by molar-refractivity contribution is -0.134. The van der Waals surface area contributed by atoms with Crippen molar-refractivity contribution >= 4 is 17.7 Å². The van der Waals surface area contributed by atoms with Crippen LogP contribution in [0.25, 0.3) is 6.08 Å². The van der Waals surface area contributed by atoms with Gasteiger partial charge in [-0.1, -0.05) is 56.3 Å². The van der Waals surface area contributed by atoms with Crippen molar-refractivity contribution in [2.75, 3.05) is 25.7 Å². The zero-order valence-corrected chi connectivity index (χ0v) is 21.0. The van der Waals surface area contributed by atoms with Crippen molar-refractivity contribution in [2.45, 2.75) is 38.2 Å². The number of alkyl halides is 2. The van der Waals surface area contributed by atoms with E-state index < -0.39 is 17.9 Å². The van der Waals surface area contributed by atoms with E-state index in [0.29, 0.717) is 41.3 Å². The van der Waals surface area contributed by atoms with Gasteiger partial charge in [-0.3, -0.25) is 0 Å². The number of hydrogen-bond donors (Lipinski definition) is 0. The molecule has 0 spiro atoms. The summed E-state index contributed by atoms with van der Waals surface area (Å²) in [5.74, 6) is 0.517. The van der Waals surface area contributed by atoms with E-state index in [4.69, 9.17) is 4.74 Å². The molecular formula is C30H31F2NO3. The number of carbonyl (C=O) groups excluding carboxylic acids is 1. The number of rotatable bonds is 7. The summed E-state index contributed by atoms with van der Waals surface area (Å²) in [7, 11) is 2.88. The van der Waals surface area contributed by atoms with Crippen LogP contribution in [0.5, 0.6) is 5.75 Å². The molecule has 6 heteroatoms. The Labute approximate surface area is 211 Å². The third-order valence-electron chi connectivity index (χ3n) is 6.90. The van der Waals surface area contributed by atoms with Crippen LogP contribution in [0.3, 0.4) is 0 Å². The van der Waals surface area contributed by atoms with E-state index in [9.17, 15) is 4.79 Å². The largest absolute Gasteiger partial charge is 0.497 e. The molecule has 1 heterocycles. The van der Waals surface area contributed by atoms with Crippen molar-refractivity contribution < 1.29 is 23.0 Å². The topological polar surface area (TPSA) is 38.8 Å². The van der Waals surface area contributed by atoms with Crippen molar-refractivity contribution in [1.82, 2.24) is 0 Å². The van der Waals surface area contributed by atoms with E-state index in [-0.39, 0.29) is 0 Å². The zero-order chi connectivity index (χ0) is 25.9. The van der Waals surface area contributed by atoms with Crippen LogP contribution in [0.15, 0.2) is 72.8 Å². The third-order valence-corrected chi connectivity index (χ3v) is 6.90. The van der Waals surface area contributed by atoms with E-state index in [1.165, 1.54) is 13.2 Å². The first kappa shape index (κ1) is 25.4. The van der Waals surface area contributed by atoms with Crippen molar-refractivity contribution in [3.05, 3.63) is 101 Å². The molecule has 188 valence electrons. The third kappa shape index (κ3) is 4.60. The molecule has 0 amide bonds. The summed E-state index contributed by atoms with van der Waals surface area (Å²) in [6.45, 7) is 4.65. The molecule has 0 fully saturated rings. The second-order valence-electron chi connectivity index (χ2n) is 9.22. The number of ether oxygens (including phenoxy) is 2. The van der Waals surface area contributed by atoms with Gasteiger partial charge in [0.1, 0.15) is 5.75 Å². The van der Waals surface area contributed by atoms with Gasteiger partial charge in [-0.2, -0.15) is 0 Å². The lowest BCUT2D eigenvalue weighted by atomic mass is 9.75. The molecule has 1 aliphatic heterocycles. The summed E-state index contributed by atoms with van der Waals surface area (Å²) in [6.07, 6.45) is 0.814. The Morgan fingerprint density at radius 1 is 1.00 bits per heavy atom. The molecule has 0 N–H and O–H groups in total. The fourth-order valence-corrected chi connectivity index (χ4v) is 4.95. The van der Waals surface area contributed by atoms with Crippen molar-refractivity contribution in [3.63, 3.8) is 0 Å². The molecule has 0 aliphatic carbocycles. The Bertz CT molecular complexity index is 1240. The number of methoxy groups -OCH3 is 2. The predicted octanol–water partition coefficient (Wildman–Crippen LogP) is 6.58. The first-order valence-electron chi connectivity index (χ1n) is 12.0. The molecule has 36 heavy (non-hydrogen) atoms. The highest BCUT2D eigenvalue weighted by Gasteiger charge is 2.51. The maximum Gasteiger partial charge on any atom is 0.330 e. The summed E-state index contributed by atoms with van der Waals surface area (Å²) >= 11 is 0. The molecule has 3 aromatic rings. The molecule has 1 aliphatic rings. The highest BCUT2D eigenvalue weighted by molar-refractivity contribution is 5.86. The minimum absolute atomic E-state index is 0.346. The van der Waals surface area contributed by atoms with Crippen LogP contribution >= 0.6 is 0 Å². The molecule has 0 radical (unpaired) electrons. The maximum atomic E-state index is 15.5. The zero-order valence-electron chi connectivity index (χ0n) is 21.0. The minimum Gasteiger partial charge on any atom is -0.497 e. The van der Waals surface area contributed by atoms with Crippen molar-refractivity contribution in [3.8, 4) is 5.75 Å². The van der Waals surface area contributed by atoms with Crippen LogP contribution in [-0.2, 0) is 21.5 Å². The highest BCUT2D eigenvalue weighted by atomic mass is 19.3. The summed E-state index contributed by atoms with van der Waals surface area (Å²) in [5.41, 5.74) is 2.82. The van der Waals surface area contributed by atoms with E-state index in [0.717, 1.165) is 16.8 Å². The first-order valence-corrected chi connectivity index (χ1v) is 12.0. The molecule has 4 nitrogen and oxygen atoms in total. The van der Waals surface area contributed by atoms with Gasteiger partial charge in [0.15, 0.2) is 5.54 Å². The normalized spacial score (nSPS) is 17.5. The molecule has 4 rings (SSSR count). The van der Waals surface area contributed by atoms with Gasteiger partial charge in [-0.15, -0.1) is 0 Å². The minimum atomic E-state index is -2.72. The summed E-state index contributed by atoms with van der Waals surface area (Å²) < 4.78 is 41.1. The van der Waals surface area contributed by atoms with Gasteiger partial charge >= 0.3 is 5.97 Å². The highest BCUT2D eigenvalue weighted by Crippen LogP contribution is 2.48. The fourth-order valence-electron chi connectivity index (χ4n) is 4.95. The monoisotopic (exact) mass is 491 g/mol. The number of nitrogens with zero attached hydrogens (tertiary/aromatic N) is 1. The van der Waals surface area contributed by atoms with Crippen LogP contribution in [-0.4, -0.2) is 33.2 Å². The molecule has 0 saturated heterocycles. The Hall–Kier alpha value is -3.67. The Balaban J connectivity index is 1.89. The average Bonchev–Trinajstić information content (AvgIpc) is 2.90. The lowest BCUT2D eigenvalue weighted by Crippen LogP contribution is -2.56. The smallest absolute Gasteiger partial charge is 0.330 e. The Morgan fingerprint density at radius 3 is 2.28 bits per heavy atom. The number of halogens is 2. The molecule has 0 aromatic heterocycles. The van der Waals surface area contributed by atoms with Gasteiger partial charge in [0.2, 0.25) is 0 Å².